The van der Waals surface area contributed by atoms with Gasteiger partial charge >= 0.3 is 0 Å². The molecule has 1 rings (SSSR count). The molecule has 0 bridgehead atoms. The smallest absolute Gasteiger partial charge is 0.191 e. The Morgan fingerprint density at radius 2 is 1.87 bits per heavy atom. The van der Waals surface area contributed by atoms with Gasteiger partial charge in [-0.1, -0.05) is 12.1 Å². The number of benzene rings is 1. The number of hydrogen-bond donors (Lipinski definition) is 2. The Bertz CT molecular complexity index is 478. The van der Waals surface area contributed by atoms with Crippen molar-refractivity contribution < 1.29 is 14.2 Å². The van der Waals surface area contributed by atoms with E-state index in [1.54, 1.807) is 21.3 Å². The van der Waals surface area contributed by atoms with Gasteiger partial charge in [-0.15, -0.1) is 0 Å². The number of aliphatic imine (C=N–C) groups is 1. The van der Waals surface area contributed by atoms with Gasteiger partial charge < -0.3 is 24.8 Å². The Balaban J connectivity index is 2.24. The van der Waals surface area contributed by atoms with Crippen LogP contribution < -0.4 is 15.4 Å². The van der Waals surface area contributed by atoms with E-state index in [9.17, 15) is 0 Å². The minimum Gasteiger partial charge on any atom is -0.496 e. The minimum atomic E-state index is 0.611. The summed E-state index contributed by atoms with van der Waals surface area (Å²) in [6.45, 7) is 5.41. The van der Waals surface area contributed by atoms with Crippen molar-refractivity contribution in [2.45, 2.75) is 13.3 Å². The molecule has 0 fully saturated rings. The van der Waals surface area contributed by atoms with E-state index >= 15 is 0 Å². The number of nitrogens with zero attached hydrogens (tertiary/aromatic N) is 1. The first-order valence-electron chi connectivity index (χ1n) is 7.86. The fraction of sp³-hybridized carbons (Fsp3) is 0.588. The number of rotatable bonds is 10. The topological polar surface area (TPSA) is 64.1 Å². The molecule has 1 aromatic rings. The van der Waals surface area contributed by atoms with Crippen molar-refractivity contribution in [2.24, 2.45) is 4.99 Å². The van der Waals surface area contributed by atoms with Crippen molar-refractivity contribution >= 4 is 5.96 Å². The fourth-order valence-electron chi connectivity index (χ4n) is 2.05. The maximum absolute atomic E-state index is 5.40. The molecule has 1 aromatic carbocycles. The predicted molar refractivity (Wildman–Crippen MR) is 93.5 cm³/mol. The Labute approximate surface area is 139 Å². The molecule has 0 spiro atoms. The molecule has 0 amide bonds. The van der Waals surface area contributed by atoms with Crippen LogP contribution >= 0.6 is 0 Å². The average Bonchev–Trinajstić information content (AvgIpc) is 2.57. The van der Waals surface area contributed by atoms with E-state index in [-0.39, 0.29) is 0 Å². The van der Waals surface area contributed by atoms with Crippen LogP contribution in [0.2, 0.25) is 0 Å². The van der Waals surface area contributed by atoms with E-state index in [1.165, 1.54) is 5.56 Å². The summed E-state index contributed by atoms with van der Waals surface area (Å²) in [4.78, 5) is 4.19. The van der Waals surface area contributed by atoms with Crippen LogP contribution in [0, 0.1) is 6.92 Å². The molecule has 0 heterocycles. The van der Waals surface area contributed by atoms with Gasteiger partial charge in [0.2, 0.25) is 0 Å². The lowest BCUT2D eigenvalue weighted by atomic mass is 10.1. The highest BCUT2D eigenvalue weighted by atomic mass is 16.5. The molecule has 6 nitrogen and oxygen atoms in total. The lowest BCUT2D eigenvalue weighted by Crippen LogP contribution is -2.39. The quantitative estimate of drug-likeness (QED) is 0.387. The summed E-state index contributed by atoms with van der Waals surface area (Å²) in [5, 5.41) is 6.50. The minimum absolute atomic E-state index is 0.611. The number of methoxy groups -OCH3 is 2. The molecule has 0 atom stereocenters. The molecular formula is C17H29N3O3. The summed E-state index contributed by atoms with van der Waals surface area (Å²) in [6.07, 6.45) is 0.904. The Morgan fingerprint density at radius 1 is 1.09 bits per heavy atom. The van der Waals surface area contributed by atoms with Gasteiger partial charge in [0, 0.05) is 27.2 Å². The van der Waals surface area contributed by atoms with Gasteiger partial charge in [-0.3, -0.25) is 4.99 Å². The second-order valence-corrected chi connectivity index (χ2v) is 5.08. The van der Waals surface area contributed by atoms with Gasteiger partial charge in [-0.2, -0.15) is 0 Å². The first-order chi connectivity index (χ1) is 11.2. The van der Waals surface area contributed by atoms with Crippen LogP contribution in [0.15, 0.2) is 23.2 Å². The zero-order valence-electron chi connectivity index (χ0n) is 14.6. The van der Waals surface area contributed by atoms with Gasteiger partial charge in [0.25, 0.3) is 0 Å². The number of ether oxygens (including phenoxy) is 3. The van der Waals surface area contributed by atoms with Gasteiger partial charge in [0.1, 0.15) is 5.75 Å². The molecule has 0 aliphatic carbocycles. The fourth-order valence-corrected chi connectivity index (χ4v) is 2.05. The highest BCUT2D eigenvalue weighted by Gasteiger charge is 2.01. The summed E-state index contributed by atoms with van der Waals surface area (Å²) < 4.78 is 15.7. The molecule has 0 saturated heterocycles. The lowest BCUT2D eigenvalue weighted by molar-refractivity contribution is 0.0733. The molecule has 0 aliphatic heterocycles. The van der Waals surface area contributed by atoms with Crippen molar-refractivity contribution in [3.63, 3.8) is 0 Å². The number of nitrogens with one attached hydrogen (secondary N) is 2. The maximum Gasteiger partial charge on any atom is 0.191 e. The SMILES string of the molecule is CN=C(NCCOCCOC)NCCc1ccc(C)c(OC)c1. The highest BCUT2D eigenvalue weighted by Crippen LogP contribution is 2.18. The number of hydrogen-bond acceptors (Lipinski definition) is 4. The monoisotopic (exact) mass is 323 g/mol. The lowest BCUT2D eigenvalue weighted by Gasteiger charge is -2.12. The van der Waals surface area contributed by atoms with Crippen molar-refractivity contribution in [3.8, 4) is 5.75 Å². The van der Waals surface area contributed by atoms with E-state index in [4.69, 9.17) is 14.2 Å². The summed E-state index contributed by atoms with van der Waals surface area (Å²) >= 11 is 0. The summed E-state index contributed by atoms with van der Waals surface area (Å²) in [6, 6.07) is 6.29. The largest absolute Gasteiger partial charge is 0.496 e. The van der Waals surface area contributed by atoms with E-state index in [0.29, 0.717) is 26.4 Å². The molecule has 0 radical (unpaired) electrons. The second-order valence-electron chi connectivity index (χ2n) is 5.08. The van der Waals surface area contributed by atoms with Crippen LogP contribution in [0.1, 0.15) is 11.1 Å². The maximum atomic E-state index is 5.40. The number of guanidine groups is 1. The van der Waals surface area contributed by atoms with Gasteiger partial charge in [-0.25, -0.2) is 0 Å². The Morgan fingerprint density at radius 3 is 2.57 bits per heavy atom. The predicted octanol–water partition coefficient (Wildman–Crippen LogP) is 1.37. The number of aryl methyl sites for hydroxylation is 1. The van der Waals surface area contributed by atoms with Gasteiger partial charge in [-0.05, 0) is 30.5 Å². The van der Waals surface area contributed by atoms with Crippen LogP contribution in [0.4, 0.5) is 0 Å². The van der Waals surface area contributed by atoms with Crippen molar-refractivity contribution in [1.82, 2.24) is 10.6 Å². The molecule has 0 unspecified atom stereocenters. The van der Waals surface area contributed by atoms with Gasteiger partial charge in [0.15, 0.2) is 5.96 Å². The van der Waals surface area contributed by atoms with Crippen molar-refractivity contribution in [3.05, 3.63) is 29.3 Å². The molecule has 0 aliphatic rings. The van der Waals surface area contributed by atoms with Crippen molar-refractivity contribution in [2.75, 3.05) is 54.2 Å². The van der Waals surface area contributed by atoms with Crippen molar-refractivity contribution in [1.29, 1.82) is 0 Å². The third-order valence-electron chi connectivity index (χ3n) is 3.37. The van der Waals surface area contributed by atoms with E-state index < -0.39 is 0 Å². The highest BCUT2D eigenvalue weighted by molar-refractivity contribution is 5.79. The second kappa shape index (κ2) is 11.7. The summed E-state index contributed by atoms with van der Waals surface area (Å²) in [7, 11) is 5.12. The van der Waals surface area contributed by atoms with E-state index in [0.717, 1.165) is 30.2 Å². The summed E-state index contributed by atoms with van der Waals surface area (Å²) in [5.41, 5.74) is 2.38. The normalized spacial score (nSPS) is 11.4. The van der Waals surface area contributed by atoms with Crippen LogP contribution in [-0.2, 0) is 15.9 Å². The Kier molecular flexibility index (Phi) is 9.83. The summed E-state index contributed by atoms with van der Waals surface area (Å²) in [5.74, 6) is 1.71. The van der Waals surface area contributed by atoms with Gasteiger partial charge in [0.05, 0.1) is 26.9 Å². The Hall–Kier alpha value is -1.79. The zero-order chi connectivity index (χ0) is 16.9. The molecule has 0 aromatic heterocycles. The third kappa shape index (κ3) is 7.85. The standard InChI is InChI=1S/C17H29N3O3/c1-14-5-6-15(13-16(14)22-4)7-8-19-17(18-2)20-9-10-23-12-11-21-3/h5-6,13H,7-12H2,1-4H3,(H2,18,19,20). The first-order valence-corrected chi connectivity index (χ1v) is 7.86. The molecule has 23 heavy (non-hydrogen) atoms. The molecule has 0 saturated carbocycles. The van der Waals surface area contributed by atoms with Crippen LogP contribution in [0.25, 0.3) is 0 Å². The molecule has 2 N–H and O–H groups in total. The van der Waals surface area contributed by atoms with Crippen LogP contribution in [-0.4, -0.2) is 60.1 Å². The van der Waals surface area contributed by atoms with E-state index in [2.05, 4.69) is 33.8 Å². The molecule has 130 valence electrons. The average molecular weight is 323 g/mol. The molecular weight excluding hydrogens is 294 g/mol. The van der Waals surface area contributed by atoms with Crippen LogP contribution in [0.5, 0.6) is 5.75 Å². The van der Waals surface area contributed by atoms with Crippen LogP contribution in [0.3, 0.4) is 0 Å². The molecule has 6 heteroatoms. The van der Waals surface area contributed by atoms with E-state index in [1.807, 2.05) is 6.92 Å². The third-order valence-corrected chi connectivity index (χ3v) is 3.37. The zero-order valence-corrected chi connectivity index (χ0v) is 14.6. The first kappa shape index (κ1) is 19.3.